The Hall–Kier alpha value is -4.17. The second-order valence-corrected chi connectivity index (χ2v) is 9.81. The van der Waals surface area contributed by atoms with Crippen molar-refractivity contribution in [2.75, 3.05) is 31.1 Å². The fourth-order valence-corrected chi connectivity index (χ4v) is 5.32. The number of aromatic amines is 3. The van der Waals surface area contributed by atoms with Gasteiger partial charge in [-0.3, -0.25) is 10.00 Å². The highest BCUT2D eigenvalue weighted by atomic mass is 15.3. The molecular formula is C28H28N8. The predicted molar refractivity (Wildman–Crippen MR) is 145 cm³/mol. The van der Waals surface area contributed by atoms with Gasteiger partial charge in [-0.1, -0.05) is 24.3 Å². The summed E-state index contributed by atoms with van der Waals surface area (Å²) in [4.78, 5) is 21.7. The summed E-state index contributed by atoms with van der Waals surface area (Å²) in [5, 5.41) is 8.85. The van der Waals surface area contributed by atoms with Gasteiger partial charge in [0.15, 0.2) is 5.82 Å². The van der Waals surface area contributed by atoms with Crippen molar-refractivity contribution in [3.8, 4) is 22.9 Å². The minimum atomic E-state index is 0.595. The molecule has 8 heteroatoms. The van der Waals surface area contributed by atoms with Gasteiger partial charge in [-0.15, -0.1) is 0 Å². The average Bonchev–Trinajstić information content (AvgIpc) is 3.64. The molecule has 0 atom stereocenters. The van der Waals surface area contributed by atoms with Crippen molar-refractivity contribution in [3.63, 3.8) is 0 Å². The number of hydrogen-bond donors (Lipinski definition) is 3. The van der Waals surface area contributed by atoms with E-state index in [0.29, 0.717) is 6.04 Å². The molecule has 3 aromatic carbocycles. The molecule has 0 spiro atoms. The molecule has 0 unspecified atom stereocenters. The van der Waals surface area contributed by atoms with Crippen molar-refractivity contribution in [2.24, 2.45) is 0 Å². The number of aromatic nitrogens is 6. The molecule has 0 saturated carbocycles. The third-order valence-corrected chi connectivity index (χ3v) is 7.33. The smallest absolute Gasteiger partial charge is 0.159 e. The monoisotopic (exact) mass is 476 g/mol. The van der Waals surface area contributed by atoms with Gasteiger partial charge in [-0.25, -0.2) is 9.97 Å². The van der Waals surface area contributed by atoms with Crippen LogP contribution in [-0.4, -0.2) is 67.3 Å². The molecule has 0 bridgehead atoms. The fourth-order valence-electron chi connectivity index (χ4n) is 5.32. The number of rotatable bonds is 4. The highest BCUT2D eigenvalue weighted by molar-refractivity contribution is 6.03. The van der Waals surface area contributed by atoms with E-state index >= 15 is 0 Å². The van der Waals surface area contributed by atoms with Gasteiger partial charge in [0.1, 0.15) is 11.5 Å². The van der Waals surface area contributed by atoms with Crippen LogP contribution in [0.15, 0.2) is 60.7 Å². The normalized spacial score (nSPS) is 15.1. The van der Waals surface area contributed by atoms with E-state index in [4.69, 9.17) is 9.97 Å². The standard InChI is InChI=1S/C28H28N8/c1-17(2)35-12-14-36(15-13-35)18-10-11-22-24(16-18)32-28(31-22)26-25-19(6-5-9-23(25)33-34-26)27-29-20-7-3-4-8-21(20)30-27/h3-11,16-17H,12-15H2,1-2H3,(H,29,30)(H,31,32)(H,33,34). The first kappa shape index (κ1) is 21.1. The van der Waals surface area contributed by atoms with Crippen molar-refractivity contribution in [3.05, 3.63) is 60.7 Å². The molecule has 3 aromatic heterocycles. The number of para-hydroxylation sites is 2. The summed E-state index contributed by atoms with van der Waals surface area (Å²) in [6.45, 7) is 8.80. The SMILES string of the molecule is CC(C)N1CCN(c2ccc3nc(-c4n[nH]c5cccc(-c6nc7ccccc7[nH]6)c45)[nH]c3c2)CC1. The first-order valence-electron chi connectivity index (χ1n) is 12.6. The number of anilines is 1. The maximum atomic E-state index is 4.91. The van der Waals surface area contributed by atoms with Crippen LogP contribution in [0.2, 0.25) is 0 Å². The Labute approximate surface area is 208 Å². The van der Waals surface area contributed by atoms with E-state index in [1.165, 1.54) is 5.69 Å². The van der Waals surface area contributed by atoms with Crippen LogP contribution in [0.25, 0.3) is 55.9 Å². The first-order chi connectivity index (χ1) is 17.6. The topological polar surface area (TPSA) is 92.5 Å². The van der Waals surface area contributed by atoms with Crippen molar-refractivity contribution >= 4 is 38.7 Å². The third-order valence-electron chi connectivity index (χ3n) is 7.33. The first-order valence-corrected chi connectivity index (χ1v) is 12.6. The Kier molecular flexibility index (Phi) is 4.82. The molecule has 1 fully saturated rings. The van der Waals surface area contributed by atoms with Crippen LogP contribution in [0.5, 0.6) is 0 Å². The van der Waals surface area contributed by atoms with Crippen molar-refractivity contribution in [2.45, 2.75) is 19.9 Å². The van der Waals surface area contributed by atoms with Crippen LogP contribution in [-0.2, 0) is 0 Å². The van der Waals surface area contributed by atoms with E-state index in [2.05, 4.69) is 68.1 Å². The minimum Gasteiger partial charge on any atom is -0.369 e. The number of fused-ring (bicyclic) bond motifs is 3. The van der Waals surface area contributed by atoms with Crippen LogP contribution in [0.1, 0.15) is 13.8 Å². The van der Waals surface area contributed by atoms with Crippen molar-refractivity contribution in [1.82, 2.24) is 35.0 Å². The zero-order valence-electron chi connectivity index (χ0n) is 20.4. The molecule has 1 aliphatic rings. The molecule has 8 nitrogen and oxygen atoms in total. The minimum absolute atomic E-state index is 0.595. The quantitative estimate of drug-likeness (QED) is 0.326. The van der Waals surface area contributed by atoms with E-state index in [9.17, 15) is 0 Å². The Balaban J connectivity index is 1.27. The highest BCUT2D eigenvalue weighted by Crippen LogP contribution is 2.34. The van der Waals surface area contributed by atoms with Gasteiger partial charge >= 0.3 is 0 Å². The summed E-state index contributed by atoms with van der Waals surface area (Å²) in [5.41, 5.74) is 7.89. The van der Waals surface area contributed by atoms with Gasteiger partial charge in [0.25, 0.3) is 0 Å². The summed E-state index contributed by atoms with van der Waals surface area (Å²) in [6.07, 6.45) is 0. The number of benzene rings is 3. The zero-order chi connectivity index (χ0) is 24.2. The second-order valence-electron chi connectivity index (χ2n) is 9.81. The highest BCUT2D eigenvalue weighted by Gasteiger charge is 2.21. The van der Waals surface area contributed by atoms with E-state index in [1.54, 1.807) is 0 Å². The zero-order valence-corrected chi connectivity index (χ0v) is 20.4. The number of imidazole rings is 2. The molecule has 1 aliphatic heterocycles. The Bertz CT molecular complexity index is 1660. The molecule has 36 heavy (non-hydrogen) atoms. The number of nitrogens with one attached hydrogen (secondary N) is 3. The average molecular weight is 477 g/mol. The fraction of sp³-hybridized carbons (Fsp3) is 0.250. The van der Waals surface area contributed by atoms with Gasteiger partial charge in [0.2, 0.25) is 0 Å². The van der Waals surface area contributed by atoms with Crippen molar-refractivity contribution < 1.29 is 0 Å². The molecule has 3 N–H and O–H groups in total. The van der Waals surface area contributed by atoms with Crippen LogP contribution in [0, 0.1) is 0 Å². The summed E-state index contributed by atoms with van der Waals surface area (Å²) >= 11 is 0. The van der Waals surface area contributed by atoms with Gasteiger partial charge < -0.3 is 14.9 Å². The molecule has 180 valence electrons. The van der Waals surface area contributed by atoms with Gasteiger partial charge in [0.05, 0.1) is 27.6 Å². The number of piperazine rings is 1. The van der Waals surface area contributed by atoms with Crippen LogP contribution < -0.4 is 4.90 Å². The van der Waals surface area contributed by atoms with Crippen LogP contribution >= 0.6 is 0 Å². The van der Waals surface area contributed by atoms with Gasteiger partial charge in [-0.2, -0.15) is 5.10 Å². The third kappa shape index (κ3) is 3.45. The number of hydrogen-bond acceptors (Lipinski definition) is 5. The molecule has 0 radical (unpaired) electrons. The molecule has 0 amide bonds. The Morgan fingerprint density at radius 1 is 0.750 bits per heavy atom. The van der Waals surface area contributed by atoms with Gasteiger partial charge in [-0.05, 0) is 50.2 Å². The molecule has 4 heterocycles. The summed E-state index contributed by atoms with van der Waals surface area (Å²) < 4.78 is 0. The second kappa shape index (κ2) is 8.20. The van der Waals surface area contributed by atoms with E-state index in [0.717, 1.165) is 82.1 Å². The number of nitrogens with zero attached hydrogens (tertiary/aromatic N) is 5. The molecule has 6 aromatic rings. The van der Waals surface area contributed by atoms with Gasteiger partial charge in [0, 0.05) is 48.9 Å². The Morgan fingerprint density at radius 2 is 1.50 bits per heavy atom. The van der Waals surface area contributed by atoms with Crippen LogP contribution in [0.4, 0.5) is 5.69 Å². The van der Waals surface area contributed by atoms with Crippen LogP contribution in [0.3, 0.4) is 0 Å². The molecule has 0 aliphatic carbocycles. The lowest BCUT2D eigenvalue weighted by molar-refractivity contribution is 0.209. The lowest BCUT2D eigenvalue weighted by Gasteiger charge is -2.38. The largest absolute Gasteiger partial charge is 0.369 e. The summed E-state index contributed by atoms with van der Waals surface area (Å²) in [7, 11) is 0. The lowest BCUT2D eigenvalue weighted by atomic mass is 10.1. The van der Waals surface area contributed by atoms with E-state index in [1.807, 2.05) is 36.4 Å². The van der Waals surface area contributed by atoms with E-state index < -0.39 is 0 Å². The maximum absolute atomic E-state index is 4.91. The van der Waals surface area contributed by atoms with E-state index in [-0.39, 0.29) is 0 Å². The van der Waals surface area contributed by atoms with Crippen molar-refractivity contribution in [1.29, 1.82) is 0 Å². The maximum Gasteiger partial charge on any atom is 0.159 e. The summed E-state index contributed by atoms with van der Waals surface area (Å²) in [5.74, 6) is 1.57. The Morgan fingerprint density at radius 3 is 2.33 bits per heavy atom. The lowest BCUT2D eigenvalue weighted by Crippen LogP contribution is -2.48. The predicted octanol–water partition coefficient (Wildman–Crippen LogP) is 5.18. The molecule has 7 rings (SSSR count). The molecular weight excluding hydrogens is 448 g/mol. The summed E-state index contributed by atoms with van der Waals surface area (Å²) in [6, 6.07) is 21.3. The molecule has 1 saturated heterocycles. The number of H-pyrrole nitrogens is 3.